The SMILES string of the molecule is CC1(C)c2cc(-n3c4ccccc4c4cc(-c5cc6ccccc6o5)ccc43)ccc2-c2c1ccc1c2sc2ccccc21. The molecule has 0 N–H and O–H groups in total. The number of thiophene rings is 1. The molecule has 0 fully saturated rings. The van der Waals surface area contributed by atoms with Crippen molar-refractivity contribution in [3.8, 4) is 28.1 Å². The molecule has 0 radical (unpaired) electrons. The zero-order valence-electron chi connectivity index (χ0n) is 24.4. The van der Waals surface area contributed by atoms with E-state index in [-0.39, 0.29) is 5.41 Å². The zero-order valence-corrected chi connectivity index (χ0v) is 25.2. The van der Waals surface area contributed by atoms with Crippen LogP contribution in [-0.4, -0.2) is 4.57 Å². The Morgan fingerprint density at radius 2 is 1.41 bits per heavy atom. The van der Waals surface area contributed by atoms with Crippen molar-refractivity contribution < 1.29 is 4.42 Å². The van der Waals surface area contributed by atoms with Crippen molar-refractivity contribution in [3.63, 3.8) is 0 Å². The van der Waals surface area contributed by atoms with Crippen LogP contribution in [0.3, 0.4) is 0 Å². The Kier molecular flexibility index (Phi) is 4.70. The van der Waals surface area contributed by atoms with Gasteiger partial charge in [-0.15, -0.1) is 11.3 Å². The monoisotopic (exact) mass is 581 g/mol. The lowest BCUT2D eigenvalue weighted by atomic mass is 9.82. The number of para-hydroxylation sites is 2. The largest absolute Gasteiger partial charge is 0.456 e. The van der Waals surface area contributed by atoms with E-state index in [1.807, 2.05) is 23.5 Å². The summed E-state index contributed by atoms with van der Waals surface area (Å²) in [5.74, 6) is 0.898. The van der Waals surface area contributed by atoms with Crippen LogP contribution in [0.2, 0.25) is 0 Å². The van der Waals surface area contributed by atoms with Crippen LogP contribution in [0.25, 0.3) is 81.1 Å². The number of aromatic nitrogens is 1. The van der Waals surface area contributed by atoms with Gasteiger partial charge < -0.3 is 8.98 Å². The Labute approximate surface area is 258 Å². The molecule has 3 aromatic heterocycles. The van der Waals surface area contributed by atoms with Crippen LogP contribution < -0.4 is 0 Å². The first-order chi connectivity index (χ1) is 21.6. The summed E-state index contributed by atoms with van der Waals surface area (Å²) in [6, 6.07) is 46.5. The molecule has 3 heterocycles. The summed E-state index contributed by atoms with van der Waals surface area (Å²) in [5.41, 5.74) is 11.1. The number of hydrogen-bond acceptors (Lipinski definition) is 2. The molecule has 0 spiro atoms. The highest BCUT2D eigenvalue weighted by molar-refractivity contribution is 7.26. The molecule has 0 atom stereocenters. The topological polar surface area (TPSA) is 18.1 Å². The first-order valence-corrected chi connectivity index (χ1v) is 16.0. The van der Waals surface area contributed by atoms with Crippen LogP contribution in [-0.2, 0) is 5.41 Å². The smallest absolute Gasteiger partial charge is 0.135 e. The van der Waals surface area contributed by atoms with Gasteiger partial charge in [0.05, 0.1) is 11.0 Å². The van der Waals surface area contributed by atoms with Crippen LogP contribution in [0.15, 0.2) is 132 Å². The maximum absolute atomic E-state index is 6.25. The molecular formula is C41H27NOS. The summed E-state index contributed by atoms with van der Waals surface area (Å²) in [5, 5.41) is 6.31. The highest BCUT2D eigenvalue weighted by Crippen LogP contribution is 2.54. The average molecular weight is 582 g/mol. The van der Waals surface area contributed by atoms with Gasteiger partial charge in [0, 0.05) is 58.6 Å². The highest BCUT2D eigenvalue weighted by atomic mass is 32.1. The first-order valence-electron chi connectivity index (χ1n) is 15.2. The van der Waals surface area contributed by atoms with Gasteiger partial charge >= 0.3 is 0 Å². The number of rotatable bonds is 2. The number of benzene rings is 6. The van der Waals surface area contributed by atoms with E-state index < -0.39 is 0 Å². The van der Waals surface area contributed by atoms with Crippen molar-refractivity contribution >= 4 is 64.3 Å². The molecule has 6 aromatic carbocycles. The molecule has 0 saturated heterocycles. The minimum absolute atomic E-state index is 0.0989. The van der Waals surface area contributed by atoms with Crippen LogP contribution in [0.1, 0.15) is 25.0 Å². The van der Waals surface area contributed by atoms with Crippen LogP contribution in [0.4, 0.5) is 0 Å². The number of nitrogens with zero attached hydrogens (tertiary/aromatic N) is 1. The molecule has 1 aliphatic carbocycles. The third-order valence-electron chi connectivity index (χ3n) is 9.81. The summed E-state index contributed by atoms with van der Waals surface area (Å²) >= 11 is 1.92. The second-order valence-corrected chi connectivity index (χ2v) is 13.6. The Morgan fingerprint density at radius 3 is 2.32 bits per heavy atom. The molecule has 0 saturated carbocycles. The van der Waals surface area contributed by atoms with Crippen LogP contribution >= 0.6 is 11.3 Å². The van der Waals surface area contributed by atoms with Gasteiger partial charge in [0.2, 0.25) is 0 Å². The normalized spacial score (nSPS) is 13.9. The second-order valence-electron chi connectivity index (χ2n) is 12.6. The van der Waals surface area contributed by atoms with Gasteiger partial charge in [-0.2, -0.15) is 0 Å². The summed E-state index contributed by atoms with van der Waals surface area (Å²) in [4.78, 5) is 0. The van der Waals surface area contributed by atoms with Gasteiger partial charge in [-0.3, -0.25) is 0 Å². The zero-order chi connectivity index (χ0) is 29.2. The lowest BCUT2D eigenvalue weighted by Crippen LogP contribution is -2.15. The van der Waals surface area contributed by atoms with E-state index in [9.17, 15) is 0 Å². The Balaban J connectivity index is 1.19. The minimum atomic E-state index is -0.0989. The van der Waals surface area contributed by atoms with Gasteiger partial charge in [-0.25, -0.2) is 0 Å². The van der Waals surface area contributed by atoms with Gasteiger partial charge in [-0.05, 0) is 71.3 Å². The van der Waals surface area contributed by atoms with Crippen LogP contribution in [0, 0.1) is 0 Å². The quantitative estimate of drug-likeness (QED) is 0.199. The van der Waals surface area contributed by atoms with Crippen molar-refractivity contribution in [1.82, 2.24) is 4.57 Å². The summed E-state index contributed by atoms with van der Waals surface area (Å²) in [7, 11) is 0. The van der Waals surface area contributed by atoms with Gasteiger partial charge in [-0.1, -0.05) is 86.6 Å². The standard InChI is InChI=1S/C41H27NOS/c1-41(2)32-19-18-29-28-11-5-8-14-38(28)44-40(29)39(32)30-17-16-26(23-33(30)41)42-34-12-6-4-10-27(34)31-21-25(15-20-35(31)42)37-22-24-9-3-7-13-36(24)43-37/h3-23H,1-2H3. The predicted octanol–water partition coefficient (Wildman–Crippen LogP) is 11.9. The summed E-state index contributed by atoms with van der Waals surface area (Å²) in [6.45, 7) is 4.76. The molecule has 0 aliphatic heterocycles. The fraction of sp³-hybridized carbons (Fsp3) is 0.0732. The van der Waals surface area contributed by atoms with Crippen molar-refractivity contribution in [2.45, 2.75) is 19.3 Å². The molecule has 0 amide bonds. The maximum Gasteiger partial charge on any atom is 0.135 e. The Hall–Kier alpha value is -5.12. The molecule has 208 valence electrons. The van der Waals surface area contributed by atoms with Gasteiger partial charge in [0.15, 0.2) is 0 Å². The van der Waals surface area contributed by atoms with Crippen molar-refractivity contribution in [2.24, 2.45) is 0 Å². The van der Waals surface area contributed by atoms with Gasteiger partial charge in [0.1, 0.15) is 11.3 Å². The summed E-state index contributed by atoms with van der Waals surface area (Å²) in [6.07, 6.45) is 0. The molecule has 3 heteroatoms. The third kappa shape index (κ3) is 3.14. The lowest BCUT2D eigenvalue weighted by Gasteiger charge is -2.22. The molecule has 10 rings (SSSR count). The predicted molar refractivity (Wildman–Crippen MR) is 186 cm³/mol. The molecule has 2 nitrogen and oxygen atoms in total. The molecule has 44 heavy (non-hydrogen) atoms. The maximum atomic E-state index is 6.25. The first kappa shape index (κ1) is 24.3. The van der Waals surface area contributed by atoms with E-state index in [4.69, 9.17) is 4.42 Å². The van der Waals surface area contributed by atoms with Gasteiger partial charge in [0.25, 0.3) is 0 Å². The highest BCUT2D eigenvalue weighted by Gasteiger charge is 2.37. The fourth-order valence-corrected chi connectivity index (χ4v) is 8.92. The van der Waals surface area contributed by atoms with Crippen molar-refractivity contribution in [1.29, 1.82) is 0 Å². The fourth-order valence-electron chi connectivity index (χ4n) is 7.66. The molecule has 0 bridgehead atoms. The second kappa shape index (κ2) is 8.49. The number of fused-ring (bicyclic) bond motifs is 11. The molecule has 0 unspecified atom stereocenters. The van der Waals surface area contributed by atoms with Crippen LogP contribution in [0.5, 0.6) is 0 Å². The summed E-state index contributed by atoms with van der Waals surface area (Å²) < 4.78 is 11.4. The van der Waals surface area contributed by atoms with Crippen molar-refractivity contribution in [2.75, 3.05) is 0 Å². The molecular weight excluding hydrogens is 555 g/mol. The van der Waals surface area contributed by atoms with Crippen molar-refractivity contribution in [3.05, 3.63) is 139 Å². The van der Waals surface area contributed by atoms with E-state index in [0.29, 0.717) is 0 Å². The van der Waals surface area contributed by atoms with E-state index in [0.717, 1.165) is 22.3 Å². The third-order valence-corrected chi connectivity index (χ3v) is 11.0. The van der Waals surface area contributed by atoms with E-state index in [1.165, 1.54) is 69.9 Å². The number of hydrogen-bond donors (Lipinski definition) is 0. The van der Waals surface area contributed by atoms with E-state index in [1.54, 1.807) is 0 Å². The Morgan fingerprint density at radius 1 is 0.614 bits per heavy atom. The minimum Gasteiger partial charge on any atom is -0.456 e. The molecule has 1 aliphatic rings. The number of furan rings is 1. The van der Waals surface area contributed by atoms with E-state index in [2.05, 4.69) is 134 Å². The molecule has 9 aromatic rings. The average Bonchev–Trinajstić information content (AvgIpc) is 3.79. The van der Waals surface area contributed by atoms with E-state index >= 15 is 0 Å². The Bertz CT molecular complexity index is 2610. The lowest BCUT2D eigenvalue weighted by molar-refractivity contribution is 0.631.